The smallest absolute Gasteiger partial charge is 0.224 e. The van der Waals surface area contributed by atoms with E-state index in [1.807, 2.05) is 0 Å². The Kier molecular flexibility index (Phi) is 4.30. The van der Waals surface area contributed by atoms with E-state index in [0.717, 1.165) is 0 Å². The third-order valence-corrected chi connectivity index (χ3v) is 8.54. The Morgan fingerprint density at radius 2 is 1.65 bits per heavy atom. The van der Waals surface area contributed by atoms with Gasteiger partial charge in [0.05, 0.1) is 4.90 Å². The number of nitrogens with two attached hydrogens (primary N) is 1. The fourth-order valence-electron chi connectivity index (χ4n) is 1.38. The zero-order chi connectivity index (χ0) is 15.1. The molecule has 0 saturated carbocycles. The topological polar surface area (TPSA) is 94.3 Å². The SMILES string of the molecule is NS(=O)(=O)c1cc(Br)c(S(=O)(=O)c2ccc(Cl)cc2)s1. The lowest BCUT2D eigenvalue weighted by Crippen LogP contribution is -2.09. The van der Waals surface area contributed by atoms with Gasteiger partial charge in [-0.15, -0.1) is 11.3 Å². The Morgan fingerprint density at radius 3 is 2.10 bits per heavy atom. The summed E-state index contributed by atoms with van der Waals surface area (Å²) in [6, 6.07) is 6.75. The van der Waals surface area contributed by atoms with Gasteiger partial charge in [-0.25, -0.2) is 22.0 Å². The Labute approximate surface area is 133 Å². The lowest BCUT2D eigenvalue weighted by atomic mass is 10.4. The minimum absolute atomic E-state index is 0.0189. The summed E-state index contributed by atoms with van der Waals surface area (Å²) in [6.45, 7) is 0. The Morgan fingerprint density at radius 1 is 1.10 bits per heavy atom. The first-order chi connectivity index (χ1) is 9.12. The molecule has 0 aliphatic rings. The molecule has 5 nitrogen and oxygen atoms in total. The van der Waals surface area contributed by atoms with Crippen molar-refractivity contribution in [1.29, 1.82) is 0 Å². The lowest BCUT2D eigenvalue weighted by Gasteiger charge is -2.02. The molecule has 0 amide bonds. The molecular weight excluding hydrogens is 410 g/mol. The van der Waals surface area contributed by atoms with Gasteiger partial charge in [0.25, 0.3) is 0 Å². The van der Waals surface area contributed by atoms with Gasteiger partial charge in [-0.1, -0.05) is 11.6 Å². The molecule has 0 unspecified atom stereocenters. The largest absolute Gasteiger partial charge is 0.247 e. The van der Waals surface area contributed by atoms with Crippen LogP contribution in [-0.2, 0) is 19.9 Å². The number of sulfonamides is 1. The maximum absolute atomic E-state index is 12.4. The normalized spacial score (nSPS) is 12.6. The summed E-state index contributed by atoms with van der Waals surface area (Å²) in [7, 11) is -7.78. The fraction of sp³-hybridized carbons (Fsp3) is 0. The Hall–Kier alpha value is -0.450. The van der Waals surface area contributed by atoms with Crippen molar-refractivity contribution in [3.05, 3.63) is 39.8 Å². The molecule has 1 aromatic heterocycles. The molecule has 0 radical (unpaired) electrons. The molecule has 108 valence electrons. The van der Waals surface area contributed by atoms with E-state index in [4.69, 9.17) is 16.7 Å². The fourth-order valence-corrected chi connectivity index (χ4v) is 6.61. The third-order valence-electron chi connectivity index (χ3n) is 2.28. The number of thiophene rings is 1. The summed E-state index contributed by atoms with van der Waals surface area (Å²) in [4.78, 5) is 0.0189. The standard InChI is InChI=1S/C10H7BrClNO4S3/c11-8-5-9(20(13,16)17)18-10(8)19(14,15)7-3-1-6(12)2-4-7/h1-5H,(H2,13,16,17). The van der Waals surface area contributed by atoms with Crippen molar-refractivity contribution >= 4 is 58.7 Å². The highest BCUT2D eigenvalue weighted by molar-refractivity contribution is 9.10. The number of benzene rings is 1. The van der Waals surface area contributed by atoms with Crippen LogP contribution in [0.25, 0.3) is 0 Å². The van der Waals surface area contributed by atoms with Gasteiger partial charge in [0.1, 0.15) is 8.42 Å². The van der Waals surface area contributed by atoms with Crippen LogP contribution in [0.1, 0.15) is 0 Å². The maximum Gasteiger partial charge on any atom is 0.247 e. The van der Waals surface area contributed by atoms with Gasteiger partial charge >= 0.3 is 0 Å². The Bertz CT molecular complexity index is 856. The van der Waals surface area contributed by atoms with Crippen LogP contribution in [0.3, 0.4) is 0 Å². The molecule has 0 atom stereocenters. The average Bonchev–Trinajstić information content (AvgIpc) is 2.72. The molecule has 0 saturated heterocycles. The second-order valence-corrected chi connectivity index (χ2v) is 9.98. The van der Waals surface area contributed by atoms with Crippen LogP contribution in [0.4, 0.5) is 0 Å². The number of hydrogen-bond acceptors (Lipinski definition) is 5. The molecular formula is C10H7BrClNO4S3. The summed E-state index contributed by atoms with van der Waals surface area (Å²) in [5, 5.41) is 5.39. The van der Waals surface area contributed by atoms with Crippen LogP contribution in [-0.4, -0.2) is 16.8 Å². The average molecular weight is 417 g/mol. The lowest BCUT2D eigenvalue weighted by molar-refractivity contribution is 0.597. The number of hydrogen-bond donors (Lipinski definition) is 1. The molecule has 1 aromatic carbocycles. The van der Waals surface area contributed by atoms with Crippen molar-refractivity contribution in [2.75, 3.05) is 0 Å². The van der Waals surface area contributed by atoms with Crippen molar-refractivity contribution in [2.24, 2.45) is 5.14 Å². The van der Waals surface area contributed by atoms with Crippen molar-refractivity contribution in [1.82, 2.24) is 0 Å². The molecule has 0 aliphatic carbocycles. The molecule has 2 rings (SSSR count). The first-order valence-electron chi connectivity index (χ1n) is 4.95. The van der Waals surface area contributed by atoms with Gasteiger partial charge < -0.3 is 0 Å². The maximum atomic E-state index is 12.4. The minimum atomic E-state index is -3.95. The second kappa shape index (κ2) is 5.39. The number of primary sulfonamides is 1. The van der Waals surface area contributed by atoms with Gasteiger partial charge in [0.15, 0.2) is 0 Å². The third kappa shape index (κ3) is 3.07. The molecule has 0 aliphatic heterocycles. The van der Waals surface area contributed by atoms with Crippen molar-refractivity contribution in [3.8, 4) is 0 Å². The molecule has 0 bridgehead atoms. The van der Waals surface area contributed by atoms with Gasteiger partial charge in [0, 0.05) is 9.50 Å². The van der Waals surface area contributed by atoms with E-state index in [9.17, 15) is 16.8 Å². The van der Waals surface area contributed by atoms with Crippen LogP contribution < -0.4 is 5.14 Å². The van der Waals surface area contributed by atoms with Crippen LogP contribution >= 0.6 is 38.9 Å². The first-order valence-corrected chi connectivity index (χ1v) is 9.97. The monoisotopic (exact) mass is 415 g/mol. The molecule has 0 fully saturated rings. The van der Waals surface area contributed by atoms with Gasteiger partial charge in [0.2, 0.25) is 19.9 Å². The van der Waals surface area contributed by atoms with Gasteiger partial charge in [-0.2, -0.15) is 0 Å². The molecule has 2 aromatic rings. The number of halogens is 2. The van der Waals surface area contributed by atoms with Gasteiger partial charge in [-0.3, -0.25) is 0 Å². The van der Waals surface area contributed by atoms with Crippen molar-refractivity contribution in [3.63, 3.8) is 0 Å². The molecule has 20 heavy (non-hydrogen) atoms. The van der Waals surface area contributed by atoms with Crippen LogP contribution in [0.15, 0.2) is 48.1 Å². The van der Waals surface area contributed by atoms with Gasteiger partial charge in [-0.05, 0) is 46.3 Å². The van der Waals surface area contributed by atoms with E-state index in [0.29, 0.717) is 16.4 Å². The molecule has 10 heteroatoms. The highest BCUT2D eigenvalue weighted by atomic mass is 79.9. The van der Waals surface area contributed by atoms with E-state index in [1.165, 1.54) is 30.3 Å². The minimum Gasteiger partial charge on any atom is -0.224 e. The molecule has 1 heterocycles. The molecule has 2 N–H and O–H groups in total. The predicted octanol–water partition coefficient (Wildman–Crippen LogP) is 2.64. The number of sulfone groups is 1. The molecule has 0 spiro atoms. The summed E-state index contributed by atoms with van der Waals surface area (Å²) in [5.41, 5.74) is 0. The summed E-state index contributed by atoms with van der Waals surface area (Å²) in [5.74, 6) is 0. The van der Waals surface area contributed by atoms with E-state index in [1.54, 1.807) is 0 Å². The summed E-state index contributed by atoms with van der Waals surface area (Å²) >= 11 is 9.34. The highest BCUT2D eigenvalue weighted by Crippen LogP contribution is 2.37. The first kappa shape index (κ1) is 15.9. The quantitative estimate of drug-likeness (QED) is 0.832. The van der Waals surface area contributed by atoms with E-state index >= 15 is 0 Å². The Balaban J connectivity index is 2.61. The van der Waals surface area contributed by atoms with Crippen LogP contribution in [0.2, 0.25) is 5.02 Å². The number of rotatable bonds is 3. The van der Waals surface area contributed by atoms with Crippen molar-refractivity contribution in [2.45, 2.75) is 13.3 Å². The summed E-state index contributed by atoms with van der Waals surface area (Å²) < 4.78 is 47.1. The highest BCUT2D eigenvalue weighted by Gasteiger charge is 2.26. The van der Waals surface area contributed by atoms with E-state index < -0.39 is 19.9 Å². The van der Waals surface area contributed by atoms with Crippen molar-refractivity contribution < 1.29 is 16.8 Å². The summed E-state index contributed by atoms with van der Waals surface area (Å²) in [6.07, 6.45) is 0. The van der Waals surface area contributed by atoms with E-state index in [2.05, 4.69) is 15.9 Å². The van der Waals surface area contributed by atoms with Crippen LogP contribution in [0.5, 0.6) is 0 Å². The zero-order valence-corrected chi connectivity index (χ0v) is 14.4. The van der Waals surface area contributed by atoms with E-state index in [-0.39, 0.29) is 17.8 Å². The predicted molar refractivity (Wildman–Crippen MR) is 80.3 cm³/mol. The zero-order valence-electron chi connectivity index (χ0n) is 9.58. The van der Waals surface area contributed by atoms with Crippen LogP contribution in [0, 0.1) is 0 Å². The second-order valence-electron chi connectivity index (χ2n) is 3.70.